The molecule has 0 aromatic carbocycles. The molecule has 1 rings (SSSR count). The summed E-state index contributed by atoms with van der Waals surface area (Å²) < 4.78 is 5.53. The van der Waals surface area contributed by atoms with Crippen LogP contribution >= 0.6 is 0 Å². The fraction of sp³-hybridized carbons (Fsp3) is 0.917. The molecule has 1 saturated heterocycles. The van der Waals surface area contributed by atoms with Gasteiger partial charge >= 0.3 is 0 Å². The van der Waals surface area contributed by atoms with Crippen molar-refractivity contribution in [2.45, 2.75) is 57.6 Å². The van der Waals surface area contributed by atoms with Crippen LogP contribution in [0, 0.1) is 0 Å². The molecule has 1 heterocycles. The minimum Gasteiger partial charge on any atom is -0.378 e. The lowest BCUT2D eigenvalue weighted by molar-refractivity contribution is -0.125. The zero-order chi connectivity index (χ0) is 11.8. The van der Waals surface area contributed by atoms with Gasteiger partial charge < -0.3 is 15.8 Å². The Labute approximate surface area is 97.9 Å². The molecule has 0 aromatic rings. The molecule has 0 saturated carbocycles. The normalized spacial score (nSPS) is 22.8. The van der Waals surface area contributed by atoms with Crippen molar-refractivity contribution in [3.63, 3.8) is 0 Å². The van der Waals surface area contributed by atoms with Crippen LogP contribution in [0.15, 0.2) is 0 Å². The zero-order valence-electron chi connectivity index (χ0n) is 10.2. The lowest BCUT2D eigenvalue weighted by Crippen LogP contribution is -2.41. The van der Waals surface area contributed by atoms with E-state index in [0.29, 0.717) is 13.0 Å². The summed E-state index contributed by atoms with van der Waals surface area (Å²) in [6, 6.07) is 0.126. The first-order valence-corrected chi connectivity index (χ1v) is 6.37. The van der Waals surface area contributed by atoms with E-state index in [0.717, 1.165) is 32.3 Å². The summed E-state index contributed by atoms with van der Waals surface area (Å²) in [7, 11) is 0. The number of carbonyl (C=O) groups is 1. The molecule has 0 radical (unpaired) electrons. The second kappa shape index (κ2) is 7.63. The molecule has 1 aliphatic heterocycles. The van der Waals surface area contributed by atoms with Gasteiger partial charge in [-0.3, -0.25) is 4.79 Å². The number of ether oxygens (including phenoxy) is 1. The van der Waals surface area contributed by atoms with Gasteiger partial charge in [0.2, 0.25) is 5.91 Å². The predicted octanol–water partition coefficient (Wildman–Crippen LogP) is 1.19. The number of nitrogens with two attached hydrogens (primary N) is 1. The Bertz CT molecular complexity index is 194. The molecule has 4 heteroatoms. The highest BCUT2D eigenvalue weighted by Crippen LogP contribution is 2.15. The second-order valence-electron chi connectivity index (χ2n) is 4.48. The van der Waals surface area contributed by atoms with Crippen LogP contribution in [0.2, 0.25) is 0 Å². The molecule has 0 aliphatic carbocycles. The number of nitrogens with one attached hydrogen (secondary N) is 1. The van der Waals surface area contributed by atoms with E-state index in [1.54, 1.807) is 0 Å². The van der Waals surface area contributed by atoms with E-state index in [-0.39, 0.29) is 18.1 Å². The van der Waals surface area contributed by atoms with Gasteiger partial charge in [0, 0.05) is 19.2 Å². The van der Waals surface area contributed by atoms with Crippen molar-refractivity contribution in [3.05, 3.63) is 0 Å². The van der Waals surface area contributed by atoms with Crippen LogP contribution in [0.4, 0.5) is 0 Å². The summed E-state index contributed by atoms with van der Waals surface area (Å²) in [6.45, 7) is 3.41. The van der Waals surface area contributed by atoms with E-state index < -0.39 is 0 Å². The first-order chi connectivity index (χ1) is 7.76. The van der Waals surface area contributed by atoms with Gasteiger partial charge in [-0.25, -0.2) is 0 Å². The molecule has 4 nitrogen and oxygen atoms in total. The summed E-state index contributed by atoms with van der Waals surface area (Å²) in [6.07, 6.45) is 5.91. The maximum atomic E-state index is 11.7. The van der Waals surface area contributed by atoms with E-state index in [4.69, 9.17) is 10.5 Å². The van der Waals surface area contributed by atoms with E-state index in [9.17, 15) is 4.79 Å². The van der Waals surface area contributed by atoms with Gasteiger partial charge in [-0.15, -0.1) is 0 Å². The SMILES string of the molecule is CCCC(CN)NC(=O)CC1CCCCO1. The number of hydrogen-bond donors (Lipinski definition) is 2. The Morgan fingerprint density at radius 1 is 1.56 bits per heavy atom. The number of hydrogen-bond acceptors (Lipinski definition) is 3. The molecule has 0 aromatic heterocycles. The van der Waals surface area contributed by atoms with Gasteiger partial charge in [0.1, 0.15) is 0 Å². The Hall–Kier alpha value is -0.610. The molecule has 94 valence electrons. The van der Waals surface area contributed by atoms with E-state index in [1.807, 2.05) is 0 Å². The second-order valence-corrected chi connectivity index (χ2v) is 4.48. The van der Waals surface area contributed by atoms with Crippen LogP contribution in [0.25, 0.3) is 0 Å². The molecule has 1 aliphatic rings. The van der Waals surface area contributed by atoms with Crippen molar-refractivity contribution in [2.24, 2.45) is 5.73 Å². The quantitative estimate of drug-likeness (QED) is 0.717. The van der Waals surface area contributed by atoms with E-state index >= 15 is 0 Å². The molecule has 16 heavy (non-hydrogen) atoms. The van der Waals surface area contributed by atoms with Gasteiger partial charge in [-0.1, -0.05) is 13.3 Å². The highest BCUT2D eigenvalue weighted by Gasteiger charge is 2.18. The first-order valence-electron chi connectivity index (χ1n) is 6.37. The summed E-state index contributed by atoms with van der Waals surface area (Å²) in [5.74, 6) is 0.0794. The molecule has 3 N–H and O–H groups in total. The van der Waals surface area contributed by atoms with Crippen molar-refractivity contribution in [3.8, 4) is 0 Å². The molecular formula is C12H24N2O2. The van der Waals surface area contributed by atoms with Crippen molar-refractivity contribution in [1.29, 1.82) is 0 Å². The third kappa shape index (κ3) is 4.94. The topological polar surface area (TPSA) is 64.3 Å². The summed E-state index contributed by atoms with van der Waals surface area (Å²) >= 11 is 0. The van der Waals surface area contributed by atoms with Crippen LogP contribution in [-0.4, -0.2) is 31.2 Å². The Balaban J connectivity index is 2.22. The van der Waals surface area contributed by atoms with Crippen LogP contribution in [0.1, 0.15) is 45.4 Å². The lowest BCUT2D eigenvalue weighted by atomic mass is 10.1. The summed E-state index contributed by atoms with van der Waals surface area (Å²) in [4.78, 5) is 11.7. The monoisotopic (exact) mass is 228 g/mol. The van der Waals surface area contributed by atoms with Gasteiger partial charge in [-0.05, 0) is 25.7 Å². The number of carbonyl (C=O) groups excluding carboxylic acids is 1. The Morgan fingerprint density at radius 2 is 2.38 bits per heavy atom. The van der Waals surface area contributed by atoms with E-state index in [2.05, 4.69) is 12.2 Å². The Morgan fingerprint density at radius 3 is 2.94 bits per heavy atom. The van der Waals surface area contributed by atoms with Crippen molar-refractivity contribution >= 4 is 5.91 Å². The lowest BCUT2D eigenvalue weighted by Gasteiger charge is -2.23. The molecule has 0 spiro atoms. The highest BCUT2D eigenvalue weighted by molar-refractivity contribution is 5.76. The smallest absolute Gasteiger partial charge is 0.222 e. The molecular weight excluding hydrogens is 204 g/mol. The highest BCUT2D eigenvalue weighted by atomic mass is 16.5. The van der Waals surface area contributed by atoms with Crippen LogP contribution in [0.5, 0.6) is 0 Å². The van der Waals surface area contributed by atoms with Gasteiger partial charge in [0.25, 0.3) is 0 Å². The van der Waals surface area contributed by atoms with E-state index in [1.165, 1.54) is 6.42 Å². The molecule has 2 unspecified atom stereocenters. The Kier molecular flexibility index (Phi) is 6.42. The maximum absolute atomic E-state index is 11.7. The molecule has 1 amide bonds. The predicted molar refractivity (Wildman–Crippen MR) is 64.1 cm³/mol. The largest absolute Gasteiger partial charge is 0.378 e. The molecule has 2 atom stereocenters. The van der Waals surface area contributed by atoms with Gasteiger partial charge in [0.15, 0.2) is 0 Å². The van der Waals surface area contributed by atoms with Crippen LogP contribution in [-0.2, 0) is 9.53 Å². The zero-order valence-corrected chi connectivity index (χ0v) is 10.2. The number of rotatable bonds is 6. The minimum absolute atomic E-state index is 0.0794. The molecule has 1 fully saturated rings. The fourth-order valence-electron chi connectivity index (χ4n) is 2.06. The summed E-state index contributed by atoms with van der Waals surface area (Å²) in [5, 5.41) is 2.97. The standard InChI is InChI=1S/C12H24N2O2/c1-2-5-10(9-13)14-12(15)8-11-6-3-4-7-16-11/h10-11H,2-9,13H2,1H3,(H,14,15). The van der Waals surface area contributed by atoms with Crippen LogP contribution in [0.3, 0.4) is 0 Å². The molecule has 0 bridgehead atoms. The van der Waals surface area contributed by atoms with Crippen molar-refractivity contribution in [1.82, 2.24) is 5.32 Å². The van der Waals surface area contributed by atoms with Crippen molar-refractivity contribution in [2.75, 3.05) is 13.2 Å². The fourth-order valence-corrected chi connectivity index (χ4v) is 2.06. The third-order valence-electron chi connectivity index (χ3n) is 2.97. The summed E-state index contributed by atoms with van der Waals surface area (Å²) in [5.41, 5.74) is 5.59. The van der Waals surface area contributed by atoms with Gasteiger partial charge in [-0.2, -0.15) is 0 Å². The average Bonchev–Trinajstić information content (AvgIpc) is 2.29. The average molecular weight is 228 g/mol. The first kappa shape index (κ1) is 13.5. The van der Waals surface area contributed by atoms with Crippen LogP contribution < -0.4 is 11.1 Å². The van der Waals surface area contributed by atoms with Crippen molar-refractivity contribution < 1.29 is 9.53 Å². The maximum Gasteiger partial charge on any atom is 0.222 e. The minimum atomic E-state index is 0.0794. The third-order valence-corrected chi connectivity index (χ3v) is 2.97. The number of amides is 1. The van der Waals surface area contributed by atoms with Gasteiger partial charge in [0.05, 0.1) is 12.5 Å².